The molecule has 4 heteroatoms. The minimum atomic E-state index is -0.329. The molecule has 16 heavy (non-hydrogen) atoms. The highest BCUT2D eigenvalue weighted by atomic mass is 16.5. The Morgan fingerprint density at radius 1 is 1.50 bits per heavy atom. The largest absolute Gasteiger partial charge is 0.465 e. The Labute approximate surface area is 96.9 Å². The van der Waals surface area contributed by atoms with E-state index >= 15 is 0 Å². The first-order chi connectivity index (χ1) is 7.63. The van der Waals surface area contributed by atoms with E-state index in [9.17, 15) is 9.90 Å². The Balaban J connectivity index is 2.19. The predicted molar refractivity (Wildman–Crippen MR) is 60.0 cm³/mol. The van der Waals surface area contributed by atoms with Gasteiger partial charge in [0.1, 0.15) is 0 Å². The summed E-state index contributed by atoms with van der Waals surface area (Å²) in [6.07, 6.45) is 3.63. The average Bonchev–Trinajstić information content (AvgIpc) is 2.28. The van der Waals surface area contributed by atoms with Crippen molar-refractivity contribution in [1.82, 2.24) is 0 Å². The maximum absolute atomic E-state index is 11.6. The lowest BCUT2D eigenvalue weighted by Gasteiger charge is -2.24. The van der Waals surface area contributed by atoms with Crippen molar-refractivity contribution >= 4 is 5.97 Å². The Bertz CT molecular complexity index is 217. The molecule has 0 heterocycles. The fourth-order valence-electron chi connectivity index (χ4n) is 1.94. The first-order valence-corrected chi connectivity index (χ1v) is 6.01. The standard InChI is InChI=1S/C12H22O4/c1-9(15-2)6-7-16-12(14)10-4-3-5-11(13)8-10/h9-11,13H,3-8H2,1-2H3. The van der Waals surface area contributed by atoms with Crippen LogP contribution in [-0.4, -0.2) is 37.0 Å². The van der Waals surface area contributed by atoms with E-state index in [1.807, 2.05) is 6.92 Å². The molecule has 3 atom stereocenters. The van der Waals surface area contributed by atoms with Gasteiger partial charge in [0.25, 0.3) is 0 Å². The van der Waals surface area contributed by atoms with Crippen LogP contribution in [0.1, 0.15) is 39.0 Å². The van der Waals surface area contributed by atoms with E-state index in [1.165, 1.54) is 0 Å². The van der Waals surface area contributed by atoms with Gasteiger partial charge < -0.3 is 14.6 Å². The molecule has 3 unspecified atom stereocenters. The monoisotopic (exact) mass is 230 g/mol. The van der Waals surface area contributed by atoms with E-state index in [2.05, 4.69) is 0 Å². The molecule has 0 aromatic carbocycles. The third-order valence-corrected chi connectivity index (χ3v) is 3.15. The van der Waals surface area contributed by atoms with E-state index in [0.29, 0.717) is 13.0 Å². The van der Waals surface area contributed by atoms with Crippen LogP contribution in [0.25, 0.3) is 0 Å². The van der Waals surface area contributed by atoms with Gasteiger partial charge in [0.2, 0.25) is 0 Å². The summed E-state index contributed by atoms with van der Waals surface area (Å²) in [5, 5.41) is 9.45. The molecule has 94 valence electrons. The highest BCUT2D eigenvalue weighted by Gasteiger charge is 2.27. The van der Waals surface area contributed by atoms with Crippen LogP contribution in [0.2, 0.25) is 0 Å². The van der Waals surface area contributed by atoms with Gasteiger partial charge in [0.05, 0.1) is 24.7 Å². The highest BCUT2D eigenvalue weighted by molar-refractivity contribution is 5.72. The van der Waals surface area contributed by atoms with Gasteiger partial charge in [-0.1, -0.05) is 6.42 Å². The number of hydrogen-bond donors (Lipinski definition) is 1. The lowest BCUT2D eigenvalue weighted by molar-refractivity contribution is -0.151. The fourth-order valence-corrected chi connectivity index (χ4v) is 1.94. The Kier molecular flexibility index (Phi) is 5.77. The molecule has 0 aliphatic heterocycles. The highest BCUT2D eigenvalue weighted by Crippen LogP contribution is 2.25. The van der Waals surface area contributed by atoms with Gasteiger partial charge in [-0.05, 0) is 26.2 Å². The molecule has 1 saturated carbocycles. The van der Waals surface area contributed by atoms with Crippen LogP contribution in [0.4, 0.5) is 0 Å². The minimum Gasteiger partial charge on any atom is -0.465 e. The summed E-state index contributed by atoms with van der Waals surface area (Å²) in [5.41, 5.74) is 0. The molecule has 1 rings (SSSR count). The quantitative estimate of drug-likeness (QED) is 0.727. The average molecular weight is 230 g/mol. The summed E-state index contributed by atoms with van der Waals surface area (Å²) in [6, 6.07) is 0. The number of aliphatic hydroxyl groups is 1. The van der Waals surface area contributed by atoms with Crippen molar-refractivity contribution in [2.24, 2.45) is 5.92 Å². The van der Waals surface area contributed by atoms with Crippen molar-refractivity contribution in [1.29, 1.82) is 0 Å². The second-order valence-electron chi connectivity index (χ2n) is 4.52. The van der Waals surface area contributed by atoms with E-state index < -0.39 is 0 Å². The molecule has 0 bridgehead atoms. The molecule has 1 N–H and O–H groups in total. The molecule has 1 aliphatic carbocycles. The second-order valence-corrected chi connectivity index (χ2v) is 4.52. The summed E-state index contributed by atoms with van der Waals surface area (Å²) in [4.78, 5) is 11.6. The van der Waals surface area contributed by atoms with E-state index in [-0.39, 0.29) is 24.1 Å². The van der Waals surface area contributed by atoms with Crippen LogP contribution in [0.5, 0.6) is 0 Å². The normalized spacial score (nSPS) is 27.4. The maximum atomic E-state index is 11.6. The zero-order valence-corrected chi connectivity index (χ0v) is 10.1. The molecule has 0 saturated heterocycles. The zero-order chi connectivity index (χ0) is 12.0. The molecule has 0 radical (unpaired) electrons. The number of ether oxygens (including phenoxy) is 2. The molecular formula is C12H22O4. The summed E-state index contributed by atoms with van der Waals surface area (Å²) < 4.78 is 10.2. The van der Waals surface area contributed by atoms with Crippen LogP contribution in [0, 0.1) is 5.92 Å². The number of carbonyl (C=O) groups excluding carboxylic acids is 1. The maximum Gasteiger partial charge on any atom is 0.309 e. The molecule has 0 amide bonds. The van der Waals surface area contributed by atoms with Crippen molar-refractivity contribution < 1.29 is 19.4 Å². The van der Waals surface area contributed by atoms with Crippen molar-refractivity contribution in [3.05, 3.63) is 0 Å². The summed E-state index contributed by atoms with van der Waals surface area (Å²) in [5.74, 6) is -0.274. The van der Waals surface area contributed by atoms with Crippen molar-refractivity contribution in [3.63, 3.8) is 0 Å². The van der Waals surface area contributed by atoms with Crippen LogP contribution < -0.4 is 0 Å². The SMILES string of the molecule is COC(C)CCOC(=O)C1CCCC(O)C1. The van der Waals surface area contributed by atoms with Gasteiger partial charge in [-0.25, -0.2) is 0 Å². The first kappa shape index (κ1) is 13.5. The number of methoxy groups -OCH3 is 1. The summed E-state index contributed by atoms with van der Waals surface area (Å²) >= 11 is 0. The number of carbonyl (C=O) groups is 1. The molecule has 4 nitrogen and oxygen atoms in total. The van der Waals surface area contributed by atoms with Crippen LogP contribution in [0.15, 0.2) is 0 Å². The topological polar surface area (TPSA) is 55.8 Å². The van der Waals surface area contributed by atoms with Gasteiger partial charge in [0, 0.05) is 13.5 Å². The molecular weight excluding hydrogens is 208 g/mol. The Morgan fingerprint density at radius 3 is 2.88 bits per heavy atom. The van der Waals surface area contributed by atoms with Crippen molar-refractivity contribution in [2.45, 2.75) is 51.2 Å². The van der Waals surface area contributed by atoms with Gasteiger partial charge in [-0.15, -0.1) is 0 Å². The molecule has 1 aliphatic rings. The van der Waals surface area contributed by atoms with Crippen molar-refractivity contribution in [2.75, 3.05) is 13.7 Å². The fraction of sp³-hybridized carbons (Fsp3) is 0.917. The van der Waals surface area contributed by atoms with Crippen molar-refractivity contribution in [3.8, 4) is 0 Å². The van der Waals surface area contributed by atoms with E-state index in [1.54, 1.807) is 7.11 Å². The lowest BCUT2D eigenvalue weighted by atomic mass is 9.87. The van der Waals surface area contributed by atoms with E-state index in [0.717, 1.165) is 25.7 Å². The molecule has 0 aromatic rings. The number of hydrogen-bond acceptors (Lipinski definition) is 4. The van der Waals surface area contributed by atoms with Crippen LogP contribution in [0.3, 0.4) is 0 Å². The number of aliphatic hydroxyl groups excluding tert-OH is 1. The van der Waals surface area contributed by atoms with Gasteiger partial charge in [-0.2, -0.15) is 0 Å². The zero-order valence-electron chi connectivity index (χ0n) is 10.1. The van der Waals surface area contributed by atoms with E-state index in [4.69, 9.17) is 9.47 Å². The van der Waals surface area contributed by atoms with Gasteiger partial charge >= 0.3 is 5.97 Å². The molecule has 0 aromatic heterocycles. The molecule has 0 spiro atoms. The van der Waals surface area contributed by atoms with Crippen LogP contribution in [-0.2, 0) is 14.3 Å². The Hall–Kier alpha value is -0.610. The Morgan fingerprint density at radius 2 is 2.25 bits per heavy atom. The number of rotatable bonds is 5. The third-order valence-electron chi connectivity index (χ3n) is 3.15. The summed E-state index contributed by atoms with van der Waals surface area (Å²) in [6.45, 7) is 2.35. The lowest BCUT2D eigenvalue weighted by Crippen LogP contribution is -2.27. The summed E-state index contributed by atoms with van der Waals surface area (Å²) in [7, 11) is 1.64. The number of esters is 1. The van der Waals surface area contributed by atoms with Gasteiger partial charge in [-0.3, -0.25) is 4.79 Å². The minimum absolute atomic E-state index is 0.110. The smallest absolute Gasteiger partial charge is 0.309 e. The van der Waals surface area contributed by atoms with Gasteiger partial charge in [0.15, 0.2) is 0 Å². The van der Waals surface area contributed by atoms with Crippen LogP contribution >= 0.6 is 0 Å². The molecule has 1 fully saturated rings. The third kappa shape index (κ3) is 4.49. The predicted octanol–water partition coefficient (Wildman–Crippen LogP) is 1.51. The first-order valence-electron chi connectivity index (χ1n) is 6.01. The second kappa shape index (κ2) is 6.86.